The van der Waals surface area contributed by atoms with Gasteiger partial charge in [0.05, 0.1) is 10.6 Å². The van der Waals surface area contributed by atoms with Gasteiger partial charge in [-0.25, -0.2) is 4.79 Å². The van der Waals surface area contributed by atoms with Crippen LogP contribution in [-0.4, -0.2) is 33.1 Å². The van der Waals surface area contributed by atoms with E-state index in [-0.39, 0.29) is 28.9 Å². The molecule has 3 N–H and O–H groups in total. The van der Waals surface area contributed by atoms with E-state index in [9.17, 15) is 19.8 Å². The topological polar surface area (TPSA) is 95.9 Å². The quantitative estimate of drug-likeness (QED) is 0.596. The standard InChI is InChI=1S/C24H21NO5S/c1-12(2)23(31)25-13-3-6-16(19(9-13)24(28)29)22-17-7-4-14(26)10-20(17)30-21-11-15(27)5-8-18(21)22/h3-12,17,20,26H,1-2H3,(H,25,31)(H,28,29). The fourth-order valence-corrected chi connectivity index (χ4v) is 3.92. The summed E-state index contributed by atoms with van der Waals surface area (Å²) < 4.78 is 5.96. The summed E-state index contributed by atoms with van der Waals surface area (Å²) >= 11 is 5.33. The molecule has 0 aromatic heterocycles. The lowest BCUT2D eigenvalue weighted by molar-refractivity contribution is -0.110. The molecular weight excluding hydrogens is 414 g/mol. The fraction of sp³-hybridized carbons (Fsp3) is 0.208. The number of thiocarbonyl (C=S) groups is 1. The van der Waals surface area contributed by atoms with Crippen LogP contribution in [0.3, 0.4) is 0 Å². The summed E-state index contributed by atoms with van der Waals surface area (Å²) in [6, 6.07) is 5.09. The van der Waals surface area contributed by atoms with Crippen molar-refractivity contribution in [2.45, 2.75) is 20.0 Å². The Morgan fingerprint density at radius 2 is 2.00 bits per heavy atom. The summed E-state index contributed by atoms with van der Waals surface area (Å²) in [5.41, 5.74) is 2.60. The van der Waals surface area contributed by atoms with Crippen LogP contribution in [0.15, 0.2) is 71.7 Å². The summed E-state index contributed by atoms with van der Waals surface area (Å²) in [7, 11) is 0. The third-order valence-electron chi connectivity index (χ3n) is 5.33. The highest BCUT2D eigenvalue weighted by Crippen LogP contribution is 2.45. The molecule has 0 amide bonds. The number of ether oxygens (including phenoxy) is 1. The van der Waals surface area contributed by atoms with Crippen molar-refractivity contribution in [1.29, 1.82) is 0 Å². The zero-order chi connectivity index (χ0) is 22.3. The molecule has 4 rings (SSSR count). The summed E-state index contributed by atoms with van der Waals surface area (Å²) in [6.07, 6.45) is 8.82. The van der Waals surface area contributed by atoms with E-state index in [0.717, 1.165) is 5.57 Å². The second-order valence-electron chi connectivity index (χ2n) is 7.84. The lowest BCUT2D eigenvalue weighted by Gasteiger charge is -2.36. The van der Waals surface area contributed by atoms with E-state index in [4.69, 9.17) is 17.0 Å². The number of carbonyl (C=O) groups is 2. The van der Waals surface area contributed by atoms with Gasteiger partial charge in [0.25, 0.3) is 0 Å². The Morgan fingerprint density at radius 1 is 1.23 bits per heavy atom. The second-order valence-corrected chi connectivity index (χ2v) is 8.28. The minimum Gasteiger partial charge on any atom is -0.508 e. The Hall–Kier alpha value is -3.45. The van der Waals surface area contributed by atoms with Crippen LogP contribution >= 0.6 is 12.2 Å². The van der Waals surface area contributed by atoms with Gasteiger partial charge in [-0.3, -0.25) is 4.79 Å². The highest BCUT2D eigenvalue weighted by Gasteiger charge is 2.37. The minimum atomic E-state index is -1.08. The number of carboxylic acids is 1. The molecule has 7 heteroatoms. The molecule has 0 fully saturated rings. The third-order valence-corrected chi connectivity index (χ3v) is 5.91. The molecule has 1 aliphatic heterocycles. The van der Waals surface area contributed by atoms with Gasteiger partial charge in [-0.05, 0) is 47.6 Å². The Kier molecular flexibility index (Phi) is 5.37. The molecule has 2 aliphatic carbocycles. The van der Waals surface area contributed by atoms with E-state index >= 15 is 0 Å². The Labute approximate surface area is 184 Å². The van der Waals surface area contributed by atoms with Gasteiger partial charge in [0.15, 0.2) is 5.78 Å². The van der Waals surface area contributed by atoms with Crippen LogP contribution in [0, 0.1) is 11.8 Å². The largest absolute Gasteiger partial charge is 0.508 e. The fourth-order valence-electron chi connectivity index (χ4n) is 3.80. The van der Waals surface area contributed by atoms with Crippen molar-refractivity contribution in [1.82, 2.24) is 0 Å². The van der Waals surface area contributed by atoms with Gasteiger partial charge in [-0.2, -0.15) is 0 Å². The molecule has 3 aliphatic rings. The zero-order valence-corrected chi connectivity index (χ0v) is 17.8. The number of aliphatic hydroxyl groups is 1. The number of hydrogen-bond acceptors (Lipinski definition) is 5. The van der Waals surface area contributed by atoms with Crippen LogP contribution in [0.2, 0.25) is 0 Å². The molecule has 0 spiro atoms. The maximum Gasteiger partial charge on any atom is 0.336 e. The first-order valence-corrected chi connectivity index (χ1v) is 10.3. The number of nitrogens with one attached hydrogen (secondary N) is 1. The first-order valence-electron chi connectivity index (χ1n) is 9.87. The van der Waals surface area contributed by atoms with Crippen LogP contribution in [-0.2, 0) is 9.53 Å². The maximum atomic E-state index is 12.2. The molecular formula is C24H21NO5S. The monoisotopic (exact) mass is 435 g/mol. The van der Waals surface area contributed by atoms with E-state index in [1.165, 1.54) is 12.2 Å². The van der Waals surface area contributed by atoms with Crippen LogP contribution in [0.4, 0.5) is 5.69 Å². The number of aliphatic hydroxyl groups excluding tert-OH is 1. The van der Waals surface area contributed by atoms with Crippen molar-refractivity contribution < 1.29 is 24.5 Å². The van der Waals surface area contributed by atoms with Crippen molar-refractivity contribution >= 4 is 40.2 Å². The maximum absolute atomic E-state index is 12.2. The van der Waals surface area contributed by atoms with Crippen molar-refractivity contribution in [3.8, 4) is 0 Å². The molecule has 2 atom stereocenters. The summed E-state index contributed by atoms with van der Waals surface area (Å²) in [4.78, 5) is 24.7. The van der Waals surface area contributed by atoms with E-state index in [1.807, 2.05) is 13.8 Å². The molecule has 158 valence electrons. The molecule has 0 saturated carbocycles. The molecule has 2 unspecified atom stereocenters. The van der Waals surface area contributed by atoms with Gasteiger partial charge in [0.1, 0.15) is 17.6 Å². The SMILES string of the molecule is CC(C)C(=S)Nc1ccc(C2=C3C=CC(=O)C=C3OC3C=C(O)C=CC23)c(C(=O)O)c1. The summed E-state index contributed by atoms with van der Waals surface area (Å²) in [5, 5.41) is 23.0. The number of aromatic carboxylic acids is 1. The number of carboxylic acid groups (broad SMARTS) is 1. The number of ketones is 1. The molecule has 31 heavy (non-hydrogen) atoms. The van der Waals surface area contributed by atoms with Gasteiger partial charge in [0, 0.05) is 29.2 Å². The summed E-state index contributed by atoms with van der Waals surface area (Å²) in [6.45, 7) is 3.92. The molecule has 1 aromatic rings. The minimum absolute atomic E-state index is 0.0579. The predicted molar refractivity (Wildman–Crippen MR) is 122 cm³/mol. The number of anilines is 1. The number of rotatable bonds is 4. The predicted octanol–water partition coefficient (Wildman–Crippen LogP) is 4.58. The van der Waals surface area contributed by atoms with Gasteiger partial charge < -0.3 is 20.3 Å². The van der Waals surface area contributed by atoms with Crippen LogP contribution < -0.4 is 5.32 Å². The molecule has 0 bridgehead atoms. The highest BCUT2D eigenvalue weighted by atomic mass is 32.1. The highest BCUT2D eigenvalue weighted by molar-refractivity contribution is 7.80. The van der Waals surface area contributed by atoms with Crippen LogP contribution in [0.1, 0.15) is 29.8 Å². The van der Waals surface area contributed by atoms with E-state index in [1.54, 1.807) is 42.5 Å². The lowest BCUT2D eigenvalue weighted by atomic mass is 9.77. The Balaban J connectivity index is 1.88. The van der Waals surface area contributed by atoms with Crippen molar-refractivity contribution in [2.24, 2.45) is 11.8 Å². The van der Waals surface area contributed by atoms with Gasteiger partial charge in [-0.1, -0.05) is 38.2 Å². The van der Waals surface area contributed by atoms with E-state index in [0.29, 0.717) is 27.6 Å². The van der Waals surface area contributed by atoms with Crippen LogP contribution in [0.5, 0.6) is 0 Å². The summed E-state index contributed by atoms with van der Waals surface area (Å²) in [5.74, 6) is -1.07. The van der Waals surface area contributed by atoms with Gasteiger partial charge in [0.2, 0.25) is 0 Å². The molecule has 6 nitrogen and oxygen atoms in total. The molecule has 0 saturated heterocycles. The smallest absolute Gasteiger partial charge is 0.336 e. The number of benzene rings is 1. The van der Waals surface area contributed by atoms with Crippen molar-refractivity contribution in [3.05, 3.63) is 82.9 Å². The third kappa shape index (κ3) is 3.96. The normalized spacial score (nSPS) is 21.7. The van der Waals surface area contributed by atoms with E-state index in [2.05, 4.69) is 5.32 Å². The van der Waals surface area contributed by atoms with E-state index < -0.39 is 12.1 Å². The molecule has 0 radical (unpaired) electrons. The molecule has 1 heterocycles. The first-order chi connectivity index (χ1) is 14.7. The van der Waals surface area contributed by atoms with Crippen LogP contribution in [0.25, 0.3) is 5.57 Å². The average Bonchev–Trinajstić information content (AvgIpc) is 2.71. The average molecular weight is 436 g/mol. The Morgan fingerprint density at radius 3 is 2.71 bits per heavy atom. The van der Waals surface area contributed by atoms with Gasteiger partial charge in [-0.15, -0.1) is 0 Å². The lowest BCUT2D eigenvalue weighted by Crippen LogP contribution is -2.31. The number of hydrogen-bond donors (Lipinski definition) is 3. The Bertz CT molecular complexity index is 1150. The second kappa shape index (κ2) is 8.00. The number of fused-ring (bicyclic) bond motifs is 2. The zero-order valence-electron chi connectivity index (χ0n) is 17.0. The van der Waals surface area contributed by atoms with Crippen molar-refractivity contribution in [2.75, 3.05) is 5.32 Å². The number of carbonyl (C=O) groups excluding carboxylic acids is 1. The first kappa shape index (κ1) is 20.8. The van der Waals surface area contributed by atoms with Crippen molar-refractivity contribution in [3.63, 3.8) is 0 Å². The van der Waals surface area contributed by atoms with Gasteiger partial charge >= 0.3 is 5.97 Å². The molecule has 1 aromatic carbocycles. The number of allylic oxidation sites excluding steroid dienone is 4.